The van der Waals surface area contributed by atoms with Crippen molar-refractivity contribution >= 4 is 40.7 Å². The minimum absolute atomic E-state index is 0.0713. The van der Waals surface area contributed by atoms with E-state index in [1.165, 1.54) is 0 Å². The van der Waals surface area contributed by atoms with Gasteiger partial charge in [-0.05, 0) is 52.9 Å². The number of aryl methyl sites for hydroxylation is 1. The molecule has 11 heteroatoms. The number of carbonyl (C=O) groups is 4. The van der Waals surface area contributed by atoms with Gasteiger partial charge in [0.25, 0.3) is 0 Å². The van der Waals surface area contributed by atoms with Crippen molar-refractivity contribution in [1.29, 1.82) is 0 Å². The number of nitrogens with one attached hydrogen (secondary N) is 2. The van der Waals surface area contributed by atoms with Crippen LogP contribution in [0.15, 0.2) is 30.5 Å². The van der Waals surface area contributed by atoms with Crippen LogP contribution >= 0.6 is 0 Å². The Morgan fingerprint density at radius 2 is 1.81 bits per heavy atom. The third-order valence-electron chi connectivity index (χ3n) is 5.40. The van der Waals surface area contributed by atoms with E-state index in [0.29, 0.717) is 0 Å². The van der Waals surface area contributed by atoms with Crippen molar-refractivity contribution < 1.29 is 28.7 Å². The molecule has 0 aliphatic carbocycles. The number of amides is 2. The first-order valence-electron chi connectivity index (χ1n) is 12.0. The summed E-state index contributed by atoms with van der Waals surface area (Å²) in [7, 11) is 5.38. The first-order chi connectivity index (χ1) is 17.3. The first-order valence-corrected chi connectivity index (χ1v) is 12.0. The lowest BCUT2D eigenvalue weighted by Gasteiger charge is -2.26. The minimum atomic E-state index is -1.15. The summed E-state index contributed by atoms with van der Waals surface area (Å²) in [5, 5.41) is 6.38. The number of aromatic nitrogens is 1. The fraction of sp³-hybridized carbons (Fsp3) is 0.500. The van der Waals surface area contributed by atoms with Gasteiger partial charge in [-0.15, -0.1) is 0 Å². The van der Waals surface area contributed by atoms with E-state index in [2.05, 4.69) is 15.4 Å². The highest BCUT2D eigenvalue weighted by molar-refractivity contribution is 6.25. The molecule has 2 rings (SSSR count). The Hall–Kier alpha value is -3.82. The predicted molar refractivity (Wildman–Crippen MR) is 139 cm³/mol. The molecule has 2 aromatic rings. The third-order valence-corrected chi connectivity index (χ3v) is 5.40. The zero-order valence-electron chi connectivity index (χ0n) is 22.3. The Labute approximate surface area is 216 Å². The number of fused-ring (bicyclic) bond motifs is 1. The van der Waals surface area contributed by atoms with Crippen LogP contribution < -0.4 is 10.6 Å². The van der Waals surface area contributed by atoms with E-state index >= 15 is 0 Å². The molecule has 0 saturated carbocycles. The Balaban J connectivity index is 2.33. The highest BCUT2D eigenvalue weighted by atomic mass is 16.6. The van der Waals surface area contributed by atoms with Gasteiger partial charge < -0.3 is 30.4 Å². The summed E-state index contributed by atoms with van der Waals surface area (Å²) >= 11 is 0. The molecule has 0 unspecified atom stereocenters. The number of hydrogen-bond donors (Lipinski definition) is 2. The lowest BCUT2D eigenvalue weighted by atomic mass is 10.0. The second-order valence-corrected chi connectivity index (χ2v) is 10.2. The Bertz CT molecular complexity index is 1190. The summed E-state index contributed by atoms with van der Waals surface area (Å²) in [5.41, 5.74) is 9.60. The van der Waals surface area contributed by atoms with Gasteiger partial charge in [0.05, 0.1) is 6.54 Å². The van der Waals surface area contributed by atoms with E-state index in [1.54, 1.807) is 39.8 Å². The standard InChI is InChI=1S/C26H36N6O5/c1-26(2,3)37-25(36)20(12-11-18(33)14-28-27)30-24(35)21(29-23(34)16-31(4)5)13-17-15-32(6)22-10-8-7-9-19(17)22/h7-10,14-15,20-21H,11-13,16H2,1-6H3,(H,29,34)(H,30,35)/t20-,21-/m0/s1. The second-order valence-electron chi connectivity index (χ2n) is 10.2. The van der Waals surface area contributed by atoms with Crippen LogP contribution in [0.2, 0.25) is 0 Å². The van der Waals surface area contributed by atoms with Crippen molar-refractivity contribution in [3.8, 4) is 0 Å². The molecule has 1 heterocycles. The topological polar surface area (TPSA) is 146 Å². The number of benzene rings is 1. The number of carbonyl (C=O) groups excluding carboxylic acids is 4. The fourth-order valence-corrected chi connectivity index (χ4v) is 3.85. The fourth-order valence-electron chi connectivity index (χ4n) is 3.85. The molecule has 0 bridgehead atoms. The average Bonchev–Trinajstić information content (AvgIpc) is 3.10. The van der Waals surface area contributed by atoms with E-state index in [0.717, 1.165) is 22.7 Å². The van der Waals surface area contributed by atoms with Crippen LogP contribution in [-0.4, -0.2) is 82.4 Å². The van der Waals surface area contributed by atoms with Gasteiger partial charge >= 0.3 is 12.2 Å². The zero-order chi connectivity index (χ0) is 27.8. The molecule has 37 heavy (non-hydrogen) atoms. The van der Waals surface area contributed by atoms with E-state index in [1.807, 2.05) is 42.1 Å². The molecule has 0 fully saturated rings. The molecular weight excluding hydrogens is 476 g/mol. The number of para-hydroxylation sites is 1. The van der Waals surface area contributed by atoms with E-state index in [9.17, 15) is 19.2 Å². The SMILES string of the molecule is CN(C)CC(=O)N[C@@H](Cc1cn(C)c2ccccc12)C(=O)N[C@@H](CCC(=O)C=[N+]=[N-])C(=O)OC(C)(C)C. The number of hydrogen-bond acceptors (Lipinski definition) is 6. The summed E-state index contributed by atoms with van der Waals surface area (Å²) in [6, 6.07) is 5.59. The molecule has 2 amide bonds. The third kappa shape index (κ3) is 9.29. The molecule has 2 atom stereocenters. The van der Waals surface area contributed by atoms with Gasteiger partial charge in [0, 0.05) is 37.0 Å². The molecule has 0 aliphatic heterocycles. The molecule has 1 aromatic heterocycles. The lowest BCUT2D eigenvalue weighted by Crippen LogP contribution is -2.54. The smallest absolute Gasteiger partial charge is 0.329 e. The molecule has 11 nitrogen and oxygen atoms in total. The monoisotopic (exact) mass is 512 g/mol. The lowest BCUT2D eigenvalue weighted by molar-refractivity contribution is -0.159. The quantitative estimate of drug-likeness (QED) is 0.189. The van der Waals surface area contributed by atoms with Gasteiger partial charge in [0.15, 0.2) is 0 Å². The predicted octanol–water partition coefficient (Wildman–Crippen LogP) is 1.24. The van der Waals surface area contributed by atoms with Gasteiger partial charge in [-0.25, -0.2) is 4.79 Å². The number of likely N-dealkylation sites (N-methyl/N-ethyl adjacent to an activating group) is 1. The summed E-state index contributed by atoms with van der Waals surface area (Å²) < 4.78 is 7.38. The number of nitrogens with zero attached hydrogens (tertiary/aromatic N) is 4. The first kappa shape index (κ1) is 29.4. The maximum Gasteiger partial charge on any atom is 0.329 e. The molecule has 0 aliphatic rings. The largest absolute Gasteiger partial charge is 0.458 e. The van der Waals surface area contributed by atoms with Crippen LogP contribution in [0, 0.1) is 0 Å². The van der Waals surface area contributed by atoms with Crippen molar-refractivity contribution in [2.45, 2.75) is 57.7 Å². The van der Waals surface area contributed by atoms with Crippen molar-refractivity contribution in [3.63, 3.8) is 0 Å². The maximum absolute atomic E-state index is 13.5. The van der Waals surface area contributed by atoms with Crippen molar-refractivity contribution in [1.82, 2.24) is 20.1 Å². The van der Waals surface area contributed by atoms with Gasteiger partial charge in [-0.3, -0.25) is 14.4 Å². The molecule has 0 radical (unpaired) electrons. The number of esters is 1. The number of ketones is 1. The summed E-state index contributed by atoms with van der Waals surface area (Å²) in [6.45, 7) is 5.15. The minimum Gasteiger partial charge on any atom is -0.458 e. The Morgan fingerprint density at radius 3 is 2.43 bits per heavy atom. The summed E-state index contributed by atoms with van der Waals surface area (Å²) in [4.78, 5) is 55.2. The van der Waals surface area contributed by atoms with Gasteiger partial charge in [0.1, 0.15) is 17.7 Å². The van der Waals surface area contributed by atoms with Crippen molar-refractivity contribution in [3.05, 3.63) is 41.6 Å². The van der Waals surface area contributed by atoms with E-state index < -0.39 is 35.3 Å². The molecule has 0 spiro atoms. The number of rotatable bonds is 12. The molecule has 0 saturated heterocycles. The summed E-state index contributed by atoms with van der Waals surface area (Å²) in [5.74, 6) is -2.16. The highest BCUT2D eigenvalue weighted by Gasteiger charge is 2.31. The van der Waals surface area contributed by atoms with Gasteiger partial charge in [0.2, 0.25) is 17.6 Å². The number of ether oxygens (including phenoxy) is 1. The molecule has 1 aromatic carbocycles. The highest BCUT2D eigenvalue weighted by Crippen LogP contribution is 2.22. The average molecular weight is 513 g/mol. The normalized spacial score (nSPS) is 12.9. The van der Waals surface area contributed by atoms with Crippen LogP contribution in [0.5, 0.6) is 0 Å². The van der Waals surface area contributed by atoms with Crippen LogP contribution in [-0.2, 0) is 37.4 Å². The van der Waals surface area contributed by atoms with E-state index in [4.69, 9.17) is 10.3 Å². The summed E-state index contributed by atoms with van der Waals surface area (Å²) in [6.07, 6.45) is 2.59. The van der Waals surface area contributed by atoms with Gasteiger partial charge in [-0.1, -0.05) is 18.2 Å². The van der Waals surface area contributed by atoms with Crippen LogP contribution in [0.25, 0.3) is 16.4 Å². The van der Waals surface area contributed by atoms with Gasteiger partial charge in [-0.2, -0.15) is 4.79 Å². The van der Waals surface area contributed by atoms with Crippen LogP contribution in [0.1, 0.15) is 39.2 Å². The Kier molecular flexibility index (Phi) is 10.3. The van der Waals surface area contributed by atoms with Crippen molar-refractivity contribution in [2.24, 2.45) is 7.05 Å². The van der Waals surface area contributed by atoms with Crippen molar-refractivity contribution in [2.75, 3.05) is 20.6 Å². The van der Waals surface area contributed by atoms with Crippen LogP contribution in [0.4, 0.5) is 0 Å². The second kappa shape index (κ2) is 12.9. The number of Topliss-reactive ketones (excluding diaryl/α,β-unsaturated/α-hetero) is 1. The maximum atomic E-state index is 13.5. The zero-order valence-corrected chi connectivity index (χ0v) is 22.3. The van der Waals surface area contributed by atoms with E-state index in [-0.39, 0.29) is 31.7 Å². The molecule has 2 N–H and O–H groups in total. The molecule has 200 valence electrons. The van der Waals surface area contributed by atoms with Crippen LogP contribution in [0.3, 0.4) is 0 Å². The molecular formula is C26H36N6O5. The Morgan fingerprint density at radius 1 is 1.14 bits per heavy atom.